The first-order valence-electron chi connectivity index (χ1n) is 9.95. The number of hydrogen-bond acceptors (Lipinski definition) is 5. The van der Waals surface area contributed by atoms with E-state index in [1.54, 1.807) is 34.7 Å². The SMILES string of the molecule is CN=C(C1=C(N)[C@H](C)N(C(=O)c2ccc3nc(C)cn3n2)CC1)c1cc(F)c(F)c(F)c1. The predicted octanol–water partition coefficient (Wildman–Crippen LogP) is 3.02. The second-order valence-corrected chi connectivity index (χ2v) is 7.59. The molecule has 0 bridgehead atoms. The van der Waals surface area contributed by atoms with Crippen molar-refractivity contribution in [3.05, 3.63) is 76.1 Å². The van der Waals surface area contributed by atoms with Gasteiger partial charge in [-0.25, -0.2) is 22.7 Å². The topological polar surface area (TPSA) is 88.9 Å². The molecule has 0 aliphatic carbocycles. The zero-order valence-corrected chi connectivity index (χ0v) is 17.7. The number of halogens is 3. The molecule has 1 aliphatic heterocycles. The Morgan fingerprint density at radius 1 is 1.22 bits per heavy atom. The average Bonchev–Trinajstić information content (AvgIpc) is 3.14. The number of nitrogens with two attached hydrogens (primary N) is 1. The molecular formula is C22H21F3N6O. The summed E-state index contributed by atoms with van der Waals surface area (Å²) in [4.78, 5) is 23.1. The fourth-order valence-electron chi connectivity index (χ4n) is 3.92. The van der Waals surface area contributed by atoms with Crippen LogP contribution in [0.2, 0.25) is 0 Å². The molecule has 2 aromatic heterocycles. The van der Waals surface area contributed by atoms with Gasteiger partial charge in [0, 0.05) is 30.4 Å². The number of aliphatic imine (C=N–C) groups is 1. The molecule has 0 radical (unpaired) electrons. The quantitative estimate of drug-likeness (QED) is 0.499. The molecule has 3 heterocycles. The van der Waals surface area contributed by atoms with Crippen LogP contribution in [-0.4, -0.2) is 50.8 Å². The number of hydrogen-bond donors (Lipinski definition) is 1. The maximum Gasteiger partial charge on any atom is 0.274 e. The molecule has 4 rings (SSSR count). The molecule has 10 heteroatoms. The van der Waals surface area contributed by atoms with Gasteiger partial charge >= 0.3 is 0 Å². The van der Waals surface area contributed by atoms with Crippen LogP contribution >= 0.6 is 0 Å². The van der Waals surface area contributed by atoms with Gasteiger partial charge in [0.1, 0.15) is 5.69 Å². The van der Waals surface area contributed by atoms with E-state index < -0.39 is 23.5 Å². The standard InChI is InChI=1S/C22H21F3N6O/c1-11-10-31-18(28-11)5-4-17(29-31)22(32)30-7-6-14(20(26)12(30)2)21(27-3)13-8-15(23)19(25)16(24)9-13/h4-5,8-10,12H,6-7,26H2,1-3H3/t12-/m0/s1. The largest absolute Gasteiger partial charge is 0.400 e. The third kappa shape index (κ3) is 3.61. The second kappa shape index (κ2) is 8.10. The van der Waals surface area contributed by atoms with Crippen molar-refractivity contribution in [1.29, 1.82) is 0 Å². The van der Waals surface area contributed by atoms with Crippen LogP contribution in [0.15, 0.2) is 46.7 Å². The Kier molecular flexibility index (Phi) is 5.45. The molecule has 1 aromatic carbocycles. The van der Waals surface area contributed by atoms with Crippen LogP contribution in [0.3, 0.4) is 0 Å². The second-order valence-electron chi connectivity index (χ2n) is 7.59. The van der Waals surface area contributed by atoms with Crippen molar-refractivity contribution in [2.75, 3.05) is 13.6 Å². The Morgan fingerprint density at radius 3 is 2.56 bits per heavy atom. The zero-order chi connectivity index (χ0) is 23.2. The number of fused-ring (bicyclic) bond motifs is 1. The van der Waals surface area contributed by atoms with Gasteiger partial charge in [-0.15, -0.1) is 0 Å². The molecule has 7 nitrogen and oxygen atoms in total. The molecule has 0 fully saturated rings. The molecule has 1 aliphatic rings. The molecule has 166 valence electrons. The number of imidazole rings is 1. The Hall–Kier alpha value is -3.69. The van der Waals surface area contributed by atoms with Crippen LogP contribution in [0, 0.1) is 24.4 Å². The first-order valence-corrected chi connectivity index (χ1v) is 9.95. The van der Waals surface area contributed by atoms with E-state index >= 15 is 0 Å². The van der Waals surface area contributed by atoms with E-state index in [2.05, 4.69) is 15.1 Å². The van der Waals surface area contributed by atoms with Gasteiger partial charge in [0.2, 0.25) is 0 Å². The molecule has 0 spiro atoms. The minimum absolute atomic E-state index is 0.0800. The summed E-state index contributed by atoms with van der Waals surface area (Å²) in [5.74, 6) is -4.46. The molecule has 0 unspecified atom stereocenters. The summed E-state index contributed by atoms with van der Waals surface area (Å²) in [5, 5.41) is 4.34. The fraction of sp³-hybridized carbons (Fsp3) is 0.273. The average molecular weight is 442 g/mol. The van der Waals surface area contributed by atoms with Gasteiger partial charge in [0.15, 0.2) is 23.1 Å². The van der Waals surface area contributed by atoms with Crippen LogP contribution in [0.1, 0.15) is 35.1 Å². The molecule has 2 N–H and O–H groups in total. The Balaban J connectivity index is 1.65. The summed E-state index contributed by atoms with van der Waals surface area (Å²) in [6, 6.07) is 4.58. The van der Waals surface area contributed by atoms with Crippen LogP contribution in [0.4, 0.5) is 13.2 Å². The van der Waals surface area contributed by atoms with Crippen molar-refractivity contribution in [3.63, 3.8) is 0 Å². The minimum atomic E-state index is -1.54. The van der Waals surface area contributed by atoms with Crippen LogP contribution < -0.4 is 5.73 Å². The van der Waals surface area contributed by atoms with Gasteiger partial charge < -0.3 is 10.6 Å². The van der Waals surface area contributed by atoms with Crippen LogP contribution in [-0.2, 0) is 0 Å². The van der Waals surface area contributed by atoms with Gasteiger partial charge in [-0.1, -0.05) is 0 Å². The number of rotatable bonds is 3. The zero-order valence-electron chi connectivity index (χ0n) is 17.7. The lowest BCUT2D eigenvalue weighted by Crippen LogP contribution is -2.46. The lowest BCUT2D eigenvalue weighted by molar-refractivity contribution is 0.0699. The highest BCUT2D eigenvalue weighted by Gasteiger charge is 2.32. The van der Waals surface area contributed by atoms with Crippen molar-refractivity contribution >= 4 is 17.3 Å². The molecule has 3 aromatic rings. The molecule has 1 atom stereocenters. The number of carbonyl (C=O) groups is 1. The van der Waals surface area contributed by atoms with Gasteiger partial charge in [-0.2, -0.15) is 5.10 Å². The summed E-state index contributed by atoms with van der Waals surface area (Å²) >= 11 is 0. The van der Waals surface area contributed by atoms with Crippen LogP contribution in [0.25, 0.3) is 5.65 Å². The normalized spacial score (nSPS) is 17.4. The summed E-state index contributed by atoms with van der Waals surface area (Å²) in [5.41, 5.74) is 9.25. The summed E-state index contributed by atoms with van der Waals surface area (Å²) < 4.78 is 42.4. The van der Waals surface area contributed by atoms with Crippen molar-refractivity contribution < 1.29 is 18.0 Å². The number of amides is 1. The fourth-order valence-corrected chi connectivity index (χ4v) is 3.92. The van der Waals surface area contributed by atoms with Gasteiger partial charge in [0.05, 0.1) is 23.6 Å². The lowest BCUT2D eigenvalue weighted by Gasteiger charge is -2.35. The monoisotopic (exact) mass is 442 g/mol. The molecule has 32 heavy (non-hydrogen) atoms. The van der Waals surface area contributed by atoms with E-state index in [9.17, 15) is 18.0 Å². The maximum absolute atomic E-state index is 13.8. The van der Waals surface area contributed by atoms with Crippen LogP contribution in [0.5, 0.6) is 0 Å². The smallest absolute Gasteiger partial charge is 0.274 e. The first-order chi connectivity index (χ1) is 15.2. The van der Waals surface area contributed by atoms with Gasteiger partial charge in [-0.3, -0.25) is 9.79 Å². The van der Waals surface area contributed by atoms with E-state index in [0.717, 1.165) is 17.8 Å². The minimum Gasteiger partial charge on any atom is -0.400 e. The Labute approximate surface area is 182 Å². The van der Waals surface area contributed by atoms with Crippen molar-refractivity contribution in [2.45, 2.75) is 26.3 Å². The summed E-state index contributed by atoms with van der Waals surface area (Å²) in [6.45, 7) is 3.89. The summed E-state index contributed by atoms with van der Waals surface area (Å²) in [7, 11) is 1.46. The number of carbonyl (C=O) groups excluding carboxylic acids is 1. The number of aromatic nitrogens is 3. The van der Waals surface area contributed by atoms with Gasteiger partial charge in [-0.05, 0) is 44.5 Å². The molecule has 1 amide bonds. The van der Waals surface area contributed by atoms with Crippen molar-refractivity contribution in [2.24, 2.45) is 10.7 Å². The third-order valence-corrected chi connectivity index (χ3v) is 5.56. The number of benzene rings is 1. The third-order valence-electron chi connectivity index (χ3n) is 5.56. The van der Waals surface area contributed by atoms with Crippen molar-refractivity contribution in [1.82, 2.24) is 19.5 Å². The lowest BCUT2D eigenvalue weighted by atomic mass is 9.91. The first kappa shape index (κ1) is 21.5. The highest BCUT2D eigenvalue weighted by Crippen LogP contribution is 2.27. The molecule has 0 saturated heterocycles. The van der Waals surface area contributed by atoms with E-state index in [4.69, 9.17) is 5.73 Å². The highest BCUT2D eigenvalue weighted by molar-refractivity contribution is 6.13. The number of aryl methyl sites for hydroxylation is 1. The molecular weight excluding hydrogens is 421 g/mol. The van der Waals surface area contributed by atoms with E-state index in [1.165, 1.54) is 7.05 Å². The van der Waals surface area contributed by atoms with Gasteiger partial charge in [0.25, 0.3) is 5.91 Å². The van der Waals surface area contributed by atoms with E-state index in [-0.39, 0.29) is 22.9 Å². The van der Waals surface area contributed by atoms with Crippen molar-refractivity contribution in [3.8, 4) is 0 Å². The maximum atomic E-state index is 13.8. The Bertz CT molecular complexity index is 1270. The highest BCUT2D eigenvalue weighted by atomic mass is 19.2. The van der Waals surface area contributed by atoms with E-state index in [1.807, 2.05) is 6.92 Å². The van der Waals surface area contributed by atoms with E-state index in [0.29, 0.717) is 29.9 Å². The summed E-state index contributed by atoms with van der Waals surface area (Å²) in [6.07, 6.45) is 2.03. The Morgan fingerprint density at radius 2 is 1.91 bits per heavy atom. The molecule has 0 saturated carbocycles. The number of nitrogens with zero attached hydrogens (tertiary/aromatic N) is 5. The predicted molar refractivity (Wildman–Crippen MR) is 113 cm³/mol.